The summed E-state index contributed by atoms with van der Waals surface area (Å²) in [6.45, 7) is 2.19. The standard InChI is InChI=1S/C25H29N5O7/c31-20-8-7-19(21(32)27-20)30-23(34)17-6-5-16(13-18(17)24(30)35)28-9-11-29(12-10-28)22(33)14-1-3-15(4-2-14)26-25(36)37/h5-6,13-15,19,26H,1-4,7-12H2,(H,36,37)(H,27,31,32). The summed E-state index contributed by atoms with van der Waals surface area (Å²) in [6, 6.07) is 3.93. The third kappa shape index (κ3) is 4.75. The van der Waals surface area contributed by atoms with Gasteiger partial charge in [-0.05, 0) is 50.3 Å². The van der Waals surface area contributed by atoms with Gasteiger partial charge in [0.15, 0.2) is 0 Å². The normalized spacial score (nSPS) is 26.2. The molecule has 5 rings (SSSR count). The fourth-order valence-electron chi connectivity index (χ4n) is 5.76. The van der Waals surface area contributed by atoms with Gasteiger partial charge in [0.1, 0.15) is 6.04 Å². The zero-order valence-electron chi connectivity index (χ0n) is 20.3. The molecule has 37 heavy (non-hydrogen) atoms. The first-order chi connectivity index (χ1) is 17.7. The molecule has 4 aliphatic rings. The van der Waals surface area contributed by atoms with Gasteiger partial charge in [0.2, 0.25) is 17.7 Å². The van der Waals surface area contributed by atoms with E-state index in [9.17, 15) is 28.8 Å². The molecule has 0 bridgehead atoms. The van der Waals surface area contributed by atoms with Crippen LogP contribution >= 0.6 is 0 Å². The zero-order valence-corrected chi connectivity index (χ0v) is 20.3. The molecule has 0 spiro atoms. The van der Waals surface area contributed by atoms with Gasteiger partial charge in [-0.1, -0.05) is 0 Å². The van der Waals surface area contributed by atoms with E-state index in [-0.39, 0.29) is 41.8 Å². The number of carboxylic acid groups (broad SMARTS) is 1. The van der Waals surface area contributed by atoms with E-state index in [4.69, 9.17) is 5.11 Å². The van der Waals surface area contributed by atoms with Gasteiger partial charge in [0.25, 0.3) is 11.8 Å². The number of hydrogen-bond donors (Lipinski definition) is 3. The number of amides is 6. The van der Waals surface area contributed by atoms with Crippen molar-refractivity contribution in [3.8, 4) is 0 Å². The van der Waals surface area contributed by atoms with Crippen LogP contribution in [-0.2, 0) is 14.4 Å². The first-order valence-electron chi connectivity index (χ1n) is 12.6. The lowest BCUT2D eigenvalue weighted by atomic mass is 9.85. The van der Waals surface area contributed by atoms with Gasteiger partial charge in [0, 0.05) is 50.2 Å². The number of nitrogens with one attached hydrogen (secondary N) is 2. The highest BCUT2D eigenvalue weighted by molar-refractivity contribution is 6.23. The molecule has 196 valence electrons. The smallest absolute Gasteiger partial charge is 0.404 e. The van der Waals surface area contributed by atoms with E-state index in [1.54, 1.807) is 18.2 Å². The molecule has 12 heteroatoms. The van der Waals surface area contributed by atoms with Crippen LogP contribution in [0.25, 0.3) is 0 Å². The second kappa shape index (κ2) is 9.83. The summed E-state index contributed by atoms with van der Waals surface area (Å²) in [5.74, 6) is -2.13. The van der Waals surface area contributed by atoms with Gasteiger partial charge in [-0.3, -0.25) is 34.2 Å². The molecule has 12 nitrogen and oxygen atoms in total. The Labute approximate surface area is 212 Å². The van der Waals surface area contributed by atoms with E-state index in [0.29, 0.717) is 51.9 Å². The minimum absolute atomic E-state index is 0.0682. The van der Waals surface area contributed by atoms with E-state index < -0.39 is 35.8 Å². The maximum absolute atomic E-state index is 13.1. The summed E-state index contributed by atoms with van der Waals surface area (Å²) in [5.41, 5.74) is 1.23. The van der Waals surface area contributed by atoms with Crippen LogP contribution in [0.3, 0.4) is 0 Å². The second-order valence-electron chi connectivity index (χ2n) is 9.99. The minimum Gasteiger partial charge on any atom is -0.465 e. The lowest BCUT2D eigenvalue weighted by molar-refractivity contribution is -0.137. The first kappa shape index (κ1) is 24.7. The molecule has 0 radical (unpaired) electrons. The van der Waals surface area contributed by atoms with E-state index in [1.807, 2.05) is 4.90 Å². The number of benzene rings is 1. The predicted octanol–water partition coefficient (Wildman–Crippen LogP) is 0.563. The van der Waals surface area contributed by atoms with E-state index >= 15 is 0 Å². The number of piperidine rings is 1. The fourth-order valence-corrected chi connectivity index (χ4v) is 5.76. The number of hydrogen-bond acceptors (Lipinski definition) is 7. The predicted molar refractivity (Wildman–Crippen MR) is 129 cm³/mol. The summed E-state index contributed by atoms with van der Waals surface area (Å²) in [4.78, 5) is 78.4. The molecular weight excluding hydrogens is 482 g/mol. The number of piperazine rings is 1. The quantitative estimate of drug-likeness (QED) is 0.495. The van der Waals surface area contributed by atoms with Gasteiger partial charge in [-0.2, -0.15) is 0 Å². The van der Waals surface area contributed by atoms with Crippen LogP contribution in [-0.4, -0.2) is 88.8 Å². The molecule has 3 heterocycles. The highest BCUT2D eigenvalue weighted by Crippen LogP contribution is 2.32. The van der Waals surface area contributed by atoms with Gasteiger partial charge >= 0.3 is 6.09 Å². The number of anilines is 1. The minimum atomic E-state index is -1.04. The van der Waals surface area contributed by atoms with Crippen molar-refractivity contribution in [2.24, 2.45) is 5.92 Å². The van der Waals surface area contributed by atoms with Crippen LogP contribution in [0.5, 0.6) is 0 Å². The van der Waals surface area contributed by atoms with Crippen LogP contribution in [0.2, 0.25) is 0 Å². The van der Waals surface area contributed by atoms with Crippen molar-refractivity contribution < 1.29 is 33.9 Å². The Bertz CT molecular complexity index is 1170. The molecule has 3 aliphatic heterocycles. The fraction of sp³-hybridized carbons (Fsp3) is 0.520. The number of rotatable bonds is 4. The highest BCUT2D eigenvalue weighted by atomic mass is 16.4. The highest BCUT2D eigenvalue weighted by Gasteiger charge is 2.45. The SMILES string of the molecule is O=C(O)NC1CCC(C(=O)N2CCN(c3ccc4c(c3)C(=O)N(C3CCC(=O)NC3=O)C4=O)CC2)CC1. The Morgan fingerprint density at radius 2 is 1.57 bits per heavy atom. The van der Waals surface area contributed by atoms with Gasteiger partial charge in [0.05, 0.1) is 11.1 Å². The molecule has 1 aromatic carbocycles. The number of imide groups is 2. The number of nitrogens with zero attached hydrogens (tertiary/aromatic N) is 3. The molecule has 1 aromatic rings. The average molecular weight is 512 g/mol. The Morgan fingerprint density at radius 1 is 0.892 bits per heavy atom. The molecule has 1 saturated carbocycles. The Kier molecular flexibility index (Phi) is 6.57. The molecule has 0 aromatic heterocycles. The third-order valence-corrected chi connectivity index (χ3v) is 7.78. The van der Waals surface area contributed by atoms with Crippen molar-refractivity contribution in [2.75, 3.05) is 31.1 Å². The number of carbonyl (C=O) groups excluding carboxylic acids is 5. The molecule has 2 saturated heterocycles. The maximum atomic E-state index is 13.1. The Balaban J connectivity index is 1.19. The zero-order chi connectivity index (χ0) is 26.3. The van der Waals surface area contributed by atoms with E-state index in [1.165, 1.54) is 0 Å². The van der Waals surface area contributed by atoms with E-state index in [0.717, 1.165) is 10.6 Å². The maximum Gasteiger partial charge on any atom is 0.404 e. The van der Waals surface area contributed by atoms with Crippen molar-refractivity contribution in [3.63, 3.8) is 0 Å². The van der Waals surface area contributed by atoms with Gasteiger partial charge < -0.3 is 20.2 Å². The molecule has 3 fully saturated rings. The third-order valence-electron chi connectivity index (χ3n) is 7.78. The van der Waals surface area contributed by atoms with Crippen molar-refractivity contribution in [2.45, 2.75) is 50.6 Å². The summed E-state index contributed by atoms with van der Waals surface area (Å²) >= 11 is 0. The molecule has 1 atom stereocenters. The lowest BCUT2D eigenvalue weighted by Crippen LogP contribution is -2.54. The molecular formula is C25H29N5O7. The summed E-state index contributed by atoms with van der Waals surface area (Å²) in [7, 11) is 0. The topological polar surface area (TPSA) is 156 Å². The lowest BCUT2D eigenvalue weighted by Gasteiger charge is -2.39. The van der Waals surface area contributed by atoms with Crippen molar-refractivity contribution >= 4 is 41.3 Å². The van der Waals surface area contributed by atoms with E-state index in [2.05, 4.69) is 15.5 Å². The average Bonchev–Trinajstić information content (AvgIpc) is 3.13. The Morgan fingerprint density at radius 3 is 2.22 bits per heavy atom. The molecule has 6 amide bonds. The molecule has 1 unspecified atom stereocenters. The van der Waals surface area contributed by atoms with Crippen LogP contribution in [0.4, 0.5) is 10.5 Å². The number of fused-ring (bicyclic) bond motifs is 1. The molecule has 3 N–H and O–H groups in total. The second-order valence-corrected chi connectivity index (χ2v) is 9.99. The first-order valence-corrected chi connectivity index (χ1v) is 12.6. The summed E-state index contributed by atoms with van der Waals surface area (Å²) < 4.78 is 0. The summed E-state index contributed by atoms with van der Waals surface area (Å²) in [5, 5.41) is 13.6. The van der Waals surface area contributed by atoms with Crippen LogP contribution in [0, 0.1) is 5.92 Å². The molecule has 1 aliphatic carbocycles. The summed E-state index contributed by atoms with van der Waals surface area (Å²) in [6.07, 6.45) is 1.77. The van der Waals surface area contributed by atoms with Crippen molar-refractivity contribution in [3.05, 3.63) is 29.3 Å². The van der Waals surface area contributed by atoms with Crippen molar-refractivity contribution in [1.82, 2.24) is 20.4 Å². The number of carbonyl (C=O) groups is 6. The van der Waals surface area contributed by atoms with Gasteiger partial charge in [-0.25, -0.2) is 4.79 Å². The van der Waals surface area contributed by atoms with Crippen LogP contribution in [0.15, 0.2) is 18.2 Å². The largest absolute Gasteiger partial charge is 0.465 e. The van der Waals surface area contributed by atoms with Crippen LogP contribution < -0.4 is 15.5 Å². The van der Waals surface area contributed by atoms with Crippen LogP contribution in [0.1, 0.15) is 59.2 Å². The van der Waals surface area contributed by atoms with Gasteiger partial charge in [-0.15, -0.1) is 0 Å². The Hall–Kier alpha value is -3.96. The monoisotopic (exact) mass is 511 g/mol. The van der Waals surface area contributed by atoms with Crippen molar-refractivity contribution in [1.29, 1.82) is 0 Å².